The zero-order valence-electron chi connectivity index (χ0n) is 13.9. The minimum absolute atomic E-state index is 0.209. The molecule has 1 aromatic carbocycles. The topological polar surface area (TPSA) is 77.2 Å². The molecule has 0 aliphatic carbocycles. The molecule has 0 atom stereocenters. The molecule has 0 N–H and O–H groups in total. The highest BCUT2D eigenvalue weighted by Gasteiger charge is 2.24. The fourth-order valence-electron chi connectivity index (χ4n) is 2.81. The van der Waals surface area contributed by atoms with Crippen molar-refractivity contribution in [1.29, 1.82) is 0 Å². The molecular weight excluding hydrogens is 308 g/mol. The molecule has 2 aromatic rings. The van der Waals surface area contributed by atoms with Crippen molar-refractivity contribution < 1.29 is 4.79 Å². The molecule has 7 heteroatoms. The van der Waals surface area contributed by atoms with E-state index in [1.165, 1.54) is 7.05 Å². The molecule has 2 heterocycles. The number of piperidine rings is 1. The molecular formula is C17H20N4O3. The Morgan fingerprint density at radius 3 is 2.29 bits per heavy atom. The van der Waals surface area contributed by atoms with E-state index >= 15 is 0 Å². The van der Waals surface area contributed by atoms with Gasteiger partial charge in [-0.05, 0) is 38.3 Å². The Labute approximate surface area is 139 Å². The van der Waals surface area contributed by atoms with Gasteiger partial charge < -0.3 is 4.90 Å². The van der Waals surface area contributed by atoms with Gasteiger partial charge in [0.25, 0.3) is 11.5 Å². The molecule has 0 radical (unpaired) electrons. The maximum absolute atomic E-state index is 12.7. The van der Waals surface area contributed by atoms with Crippen LogP contribution in [0.2, 0.25) is 0 Å². The first-order valence-electron chi connectivity index (χ1n) is 8.06. The number of carbonyl (C=O) groups excluding carboxylic acids is 1. The molecule has 0 unspecified atom stereocenters. The maximum atomic E-state index is 12.7. The van der Waals surface area contributed by atoms with Gasteiger partial charge in [0.15, 0.2) is 0 Å². The third-order valence-electron chi connectivity index (χ3n) is 4.30. The largest absolute Gasteiger partial charge is 0.351 e. The molecule has 0 spiro atoms. The number of amides is 1. The van der Waals surface area contributed by atoms with Crippen molar-refractivity contribution in [3.8, 4) is 5.69 Å². The normalized spacial score (nSPS) is 14.7. The van der Waals surface area contributed by atoms with E-state index in [2.05, 4.69) is 5.10 Å². The predicted molar refractivity (Wildman–Crippen MR) is 89.6 cm³/mol. The third kappa shape index (κ3) is 2.89. The zero-order chi connectivity index (χ0) is 17.3. The minimum atomic E-state index is -0.654. The van der Waals surface area contributed by atoms with Crippen LogP contribution < -0.4 is 11.2 Å². The van der Waals surface area contributed by atoms with Gasteiger partial charge in [0.2, 0.25) is 5.69 Å². The smallest absolute Gasteiger partial charge is 0.337 e. The molecule has 0 bridgehead atoms. The SMILES string of the molecule is Cc1ccc(-n2nc(C(=O)N3CCCCC3)c(=O)n(C)c2=O)cc1. The summed E-state index contributed by atoms with van der Waals surface area (Å²) in [5.74, 6) is -0.406. The predicted octanol–water partition coefficient (Wildman–Crippen LogP) is 0.866. The second kappa shape index (κ2) is 6.43. The molecule has 1 amide bonds. The van der Waals surface area contributed by atoms with E-state index in [4.69, 9.17) is 0 Å². The molecule has 1 fully saturated rings. The Morgan fingerprint density at radius 1 is 1.04 bits per heavy atom. The van der Waals surface area contributed by atoms with Crippen LogP contribution in [0.5, 0.6) is 0 Å². The summed E-state index contributed by atoms with van der Waals surface area (Å²) in [5.41, 5.74) is 0.132. The molecule has 24 heavy (non-hydrogen) atoms. The Balaban J connectivity index is 2.10. The summed E-state index contributed by atoms with van der Waals surface area (Å²) < 4.78 is 2.04. The quantitative estimate of drug-likeness (QED) is 0.819. The van der Waals surface area contributed by atoms with Crippen LogP contribution in [0, 0.1) is 6.92 Å². The number of aryl methyl sites for hydroxylation is 1. The first-order valence-corrected chi connectivity index (χ1v) is 8.06. The number of likely N-dealkylation sites (tertiary alicyclic amines) is 1. The molecule has 1 saturated heterocycles. The first kappa shape index (κ1) is 16.2. The fraction of sp³-hybridized carbons (Fsp3) is 0.412. The summed E-state index contributed by atoms with van der Waals surface area (Å²) in [6.07, 6.45) is 2.92. The summed E-state index contributed by atoms with van der Waals surface area (Å²) in [6, 6.07) is 7.17. The standard InChI is InChI=1S/C17H20N4O3/c1-12-6-8-13(9-7-12)21-17(24)19(2)15(22)14(18-21)16(23)20-10-4-3-5-11-20/h6-9H,3-5,10-11H2,1-2H3. The summed E-state index contributed by atoms with van der Waals surface area (Å²) in [4.78, 5) is 39.0. The lowest BCUT2D eigenvalue weighted by atomic mass is 10.1. The van der Waals surface area contributed by atoms with Gasteiger partial charge in [0.05, 0.1) is 5.69 Å². The number of rotatable bonds is 2. The lowest BCUT2D eigenvalue weighted by Gasteiger charge is -2.26. The third-order valence-corrected chi connectivity index (χ3v) is 4.30. The highest BCUT2D eigenvalue weighted by molar-refractivity contribution is 5.91. The first-order chi connectivity index (χ1) is 11.5. The van der Waals surface area contributed by atoms with Crippen molar-refractivity contribution >= 4 is 5.91 Å². The summed E-state index contributed by atoms with van der Waals surface area (Å²) in [6.45, 7) is 3.17. The number of nitrogens with zero attached hydrogens (tertiary/aromatic N) is 4. The van der Waals surface area contributed by atoms with Crippen LogP contribution in [0.3, 0.4) is 0 Å². The van der Waals surface area contributed by atoms with Crippen molar-refractivity contribution in [1.82, 2.24) is 19.2 Å². The Morgan fingerprint density at radius 2 is 1.67 bits per heavy atom. The zero-order valence-corrected chi connectivity index (χ0v) is 13.9. The molecule has 7 nitrogen and oxygen atoms in total. The van der Waals surface area contributed by atoms with Gasteiger partial charge in [0, 0.05) is 20.1 Å². The lowest BCUT2D eigenvalue weighted by molar-refractivity contribution is 0.0713. The van der Waals surface area contributed by atoms with Crippen LogP contribution in [0.1, 0.15) is 35.3 Å². The van der Waals surface area contributed by atoms with E-state index in [9.17, 15) is 14.4 Å². The fourth-order valence-corrected chi connectivity index (χ4v) is 2.81. The van der Waals surface area contributed by atoms with Gasteiger partial charge in [-0.25, -0.2) is 4.79 Å². The molecule has 1 aromatic heterocycles. The van der Waals surface area contributed by atoms with Crippen molar-refractivity contribution in [2.45, 2.75) is 26.2 Å². The highest BCUT2D eigenvalue weighted by Crippen LogP contribution is 2.11. The van der Waals surface area contributed by atoms with E-state index in [1.54, 1.807) is 17.0 Å². The van der Waals surface area contributed by atoms with Gasteiger partial charge in [-0.15, -0.1) is 0 Å². The van der Waals surface area contributed by atoms with E-state index in [1.807, 2.05) is 19.1 Å². The second-order valence-electron chi connectivity index (χ2n) is 6.10. The highest BCUT2D eigenvalue weighted by atomic mass is 16.2. The van der Waals surface area contributed by atoms with E-state index < -0.39 is 17.2 Å². The molecule has 126 valence electrons. The number of aromatic nitrogens is 3. The Kier molecular flexibility index (Phi) is 4.33. The molecule has 3 rings (SSSR count). The van der Waals surface area contributed by atoms with Gasteiger partial charge in [0.1, 0.15) is 0 Å². The number of benzene rings is 1. The molecule has 0 saturated carbocycles. The second-order valence-corrected chi connectivity index (χ2v) is 6.10. The molecule has 1 aliphatic heterocycles. The summed E-state index contributed by atoms with van der Waals surface area (Å²) in [7, 11) is 1.37. The van der Waals surface area contributed by atoms with Crippen molar-refractivity contribution in [3.05, 3.63) is 56.4 Å². The van der Waals surface area contributed by atoms with Crippen molar-refractivity contribution in [2.24, 2.45) is 7.05 Å². The summed E-state index contributed by atoms with van der Waals surface area (Å²) in [5, 5.41) is 4.09. The van der Waals surface area contributed by atoms with E-state index in [0.29, 0.717) is 18.8 Å². The lowest BCUT2D eigenvalue weighted by Crippen LogP contribution is -2.46. The van der Waals surface area contributed by atoms with Crippen LogP contribution in [-0.4, -0.2) is 38.2 Å². The number of hydrogen-bond acceptors (Lipinski definition) is 4. The Bertz CT molecular complexity index is 874. The van der Waals surface area contributed by atoms with Gasteiger partial charge >= 0.3 is 5.69 Å². The van der Waals surface area contributed by atoms with Crippen LogP contribution in [0.4, 0.5) is 0 Å². The van der Waals surface area contributed by atoms with Crippen molar-refractivity contribution in [3.63, 3.8) is 0 Å². The molecule has 1 aliphatic rings. The Hall–Kier alpha value is -2.70. The summed E-state index contributed by atoms with van der Waals surface area (Å²) >= 11 is 0. The van der Waals surface area contributed by atoms with E-state index in [-0.39, 0.29) is 5.69 Å². The average Bonchev–Trinajstić information content (AvgIpc) is 2.61. The van der Waals surface area contributed by atoms with Gasteiger partial charge in [-0.2, -0.15) is 9.78 Å². The number of hydrogen-bond donors (Lipinski definition) is 0. The maximum Gasteiger partial charge on any atom is 0.351 e. The van der Waals surface area contributed by atoms with Crippen LogP contribution in [0.15, 0.2) is 33.9 Å². The van der Waals surface area contributed by atoms with Gasteiger partial charge in [-0.3, -0.25) is 14.2 Å². The minimum Gasteiger partial charge on any atom is -0.337 e. The van der Waals surface area contributed by atoms with Crippen LogP contribution >= 0.6 is 0 Å². The van der Waals surface area contributed by atoms with Crippen molar-refractivity contribution in [2.75, 3.05) is 13.1 Å². The monoisotopic (exact) mass is 328 g/mol. The van der Waals surface area contributed by atoms with E-state index in [0.717, 1.165) is 34.1 Å². The van der Waals surface area contributed by atoms with Gasteiger partial charge in [-0.1, -0.05) is 17.7 Å². The average molecular weight is 328 g/mol. The van der Waals surface area contributed by atoms with Crippen LogP contribution in [0.25, 0.3) is 5.69 Å². The number of carbonyl (C=O) groups is 1. The van der Waals surface area contributed by atoms with Crippen LogP contribution in [-0.2, 0) is 7.05 Å².